The molecule has 1 aliphatic heterocycles. The number of nitrogens with zero attached hydrogens (tertiary/aromatic N) is 1. The Morgan fingerprint density at radius 3 is 2.58 bits per heavy atom. The summed E-state index contributed by atoms with van der Waals surface area (Å²) in [5, 5.41) is 0. The Hall–Kier alpha value is -1.94. The van der Waals surface area contributed by atoms with Crippen molar-refractivity contribution >= 4 is 23.0 Å². The minimum absolute atomic E-state index is 0.0839. The van der Waals surface area contributed by atoms with Gasteiger partial charge >= 0.3 is 0 Å². The number of aryl methyl sites for hydroxylation is 2. The van der Waals surface area contributed by atoms with Crippen LogP contribution < -0.4 is 0 Å². The fourth-order valence-corrected chi connectivity index (χ4v) is 4.44. The molecule has 1 aromatic heterocycles. The molecule has 126 valence electrons. The maximum absolute atomic E-state index is 12.6. The first kappa shape index (κ1) is 16.9. The fraction of sp³-hybridized carbons (Fsp3) is 0.400. The summed E-state index contributed by atoms with van der Waals surface area (Å²) in [7, 11) is 0. The zero-order chi connectivity index (χ0) is 17.1. The van der Waals surface area contributed by atoms with E-state index in [1.54, 1.807) is 11.3 Å². The Morgan fingerprint density at radius 1 is 1.17 bits per heavy atom. The van der Waals surface area contributed by atoms with Crippen molar-refractivity contribution in [1.82, 2.24) is 4.90 Å². The molecule has 1 aliphatic rings. The van der Waals surface area contributed by atoms with Gasteiger partial charge in [0.15, 0.2) is 5.78 Å². The second kappa shape index (κ2) is 7.31. The van der Waals surface area contributed by atoms with Crippen molar-refractivity contribution in [3.63, 3.8) is 0 Å². The Bertz CT molecular complexity index is 735. The van der Waals surface area contributed by atoms with Crippen molar-refractivity contribution in [3.05, 3.63) is 57.3 Å². The average Bonchev–Trinajstić information content (AvgIpc) is 3.19. The lowest BCUT2D eigenvalue weighted by atomic mass is 10.0. The van der Waals surface area contributed by atoms with Crippen LogP contribution in [0.4, 0.5) is 0 Å². The highest BCUT2D eigenvalue weighted by Gasteiger charge is 2.29. The van der Waals surface area contributed by atoms with Gasteiger partial charge in [-0.25, -0.2) is 0 Å². The molecule has 1 aromatic carbocycles. The predicted molar refractivity (Wildman–Crippen MR) is 97.5 cm³/mol. The van der Waals surface area contributed by atoms with Gasteiger partial charge in [-0.1, -0.05) is 30.3 Å². The summed E-state index contributed by atoms with van der Waals surface area (Å²) in [6.07, 6.45) is 2.64. The molecular formula is C20H23NO2S. The van der Waals surface area contributed by atoms with E-state index in [-0.39, 0.29) is 17.7 Å². The summed E-state index contributed by atoms with van der Waals surface area (Å²) in [5.74, 6) is 0.181. The van der Waals surface area contributed by atoms with Gasteiger partial charge in [-0.05, 0) is 38.3 Å². The van der Waals surface area contributed by atoms with E-state index in [1.165, 1.54) is 5.56 Å². The van der Waals surface area contributed by atoms with Crippen molar-refractivity contribution in [2.24, 2.45) is 0 Å². The molecule has 1 amide bonds. The van der Waals surface area contributed by atoms with Crippen LogP contribution in [0.1, 0.15) is 57.4 Å². The van der Waals surface area contributed by atoms with Crippen LogP contribution in [-0.2, 0) is 4.79 Å². The Labute approximate surface area is 147 Å². The number of hydrogen-bond acceptors (Lipinski definition) is 3. The Kier molecular flexibility index (Phi) is 5.14. The number of benzene rings is 1. The Balaban J connectivity index is 1.62. The van der Waals surface area contributed by atoms with E-state index in [0.29, 0.717) is 12.8 Å². The first-order valence-corrected chi connectivity index (χ1v) is 9.32. The highest BCUT2D eigenvalue weighted by atomic mass is 32.1. The number of hydrogen-bond donors (Lipinski definition) is 0. The molecule has 3 rings (SSSR count). The number of carbonyl (C=O) groups excluding carboxylic acids is 2. The quantitative estimate of drug-likeness (QED) is 0.740. The molecule has 4 heteroatoms. The van der Waals surface area contributed by atoms with Crippen molar-refractivity contribution in [2.75, 3.05) is 6.54 Å². The molecule has 2 heterocycles. The minimum atomic E-state index is 0.0839. The van der Waals surface area contributed by atoms with E-state index >= 15 is 0 Å². The molecule has 0 saturated carbocycles. The second-order valence-electron chi connectivity index (χ2n) is 6.41. The monoisotopic (exact) mass is 341 g/mol. The molecule has 0 radical (unpaired) electrons. The first-order valence-electron chi connectivity index (χ1n) is 8.51. The van der Waals surface area contributed by atoms with Gasteiger partial charge < -0.3 is 4.90 Å². The largest absolute Gasteiger partial charge is 0.336 e. The topological polar surface area (TPSA) is 37.4 Å². The van der Waals surface area contributed by atoms with Crippen LogP contribution in [0.25, 0.3) is 0 Å². The molecule has 0 N–H and O–H groups in total. The van der Waals surface area contributed by atoms with Crippen LogP contribution in [0, 0.1) is 13.8 Å². The number of amides is 1. The molecule has 3 nitrogen and oxygen atoms in total. The first-order chi connectivity index (χ1) is 11.6. The summed E-state index contributed by atoms with van der Waals surface area (Å²) >= 11 is 1.64. The second-order valence-corrected chi connectivity index (χ2v) is 7.87. The van der Waals surface area contributed by atoms with Crippen molar-refractivity contribution < 1.29 is 9.59 Å². The van der Waals surface area contributed by atoms with E-state index in [0.717, 1.165) is 34.7 Å². The zero-order valence-electron chi connectivity index (χ0n) is 14.2. The number of Topliss-reactive ketones (excluding diaryl/α,β-unsaturated/α-hetero) is 1. The Morgan fingerprint density at radius 2 is 1.92 bits per heavy atom. The summed E-state index contributed by atoms with van der Waals surface area (Å²) < 4.78 is 0. The van der Waals surface area contributed by atoms with Crippen LogP contribution >= 0.6 is 11.3 Å². The molecule has 0 bridgehead atoms. The molecule has 1 fully saturated rings. The number of thiophene rings is 1. The van der Waals surface area contributed by atoms with E-state index in [9.17, 15) is 9.59 Å². The van der Waals surface area contributed by atoms with Gasteiger partial charge in [0.05, 0.1) is 6.04 Å². The zero-order valence-corrected chi connectivity index (χ0v) is 15.1. The highest BCUT2D eigenvalue weighted by molar-refractivity contribution is 7.12. The molecule has 0 aliphatic carbocycles. The van der Waals surface area contributed by atoms with E-state index in [2.05, 4.69) is 12.1 Å². The standard InChI is InChI=1S/C20H23NO2S/c1-14-13-17(15(2)24-14)19(22)10-11-20(23)21-12-6-9-18(21)16-7-4-3-5-8-16/h3-5,7-8,13,18H,6,9-12H2,1-2H3. The fourth-order valence-electron chi connectivity index (χ4n) is 3.49. The molecule has 24 heavy (non-hydrogen) atoms. The lowest BCUT2D eigenvalue weighted by Crippen LogP contribution is -2.30. The SMILES string of the molecule is Cc1cc(C(=O)CCC(=O)N2CCCC2c2ccccc2)c(C)s1. The van der Waals surface area contributed by atoms with Crippen molar-refractivity contribution in [2.45, 2.75) is 45.6 Å². The summed E-state index contributed by atoms with van der Waals surface area (Å²) in [6, 6.07) is 12.3. The molecular weight excluding hydrogens is 318 g/mol. The predicted octanol–water partition coefficient (Wildman–Crippen LogP) is 4.69. The molecule has 2 aromatic rings. The van der Waals surface area contributed by atoms with Gasteiger partial charge in [0.25, 0.3) is 0 Å². The lowest BCUT2D eigenvalue weighted by molar-refractivity contribution is -0.132. The molecule has 1 unspecified atom stereocenters. The third kappa shape index (κ3) is 3.59. The summed E-state index contributed by atoms with van der Waals surface area (Å²) in [6.45, 7) is 4.77. The lowest BCUT2D eigenvalue weighted by Gasteiger charge is -2.25. The molecule has 0 spiro atoms. The van der Waals surface area contributed by atoms with Gasteiger partial charge in [0.2, 0.25) is 5.91 Å². The smallest absolute Gasteiger partial charge is 0.223 e. The summed E-state index contributed by atoms with van der Waals surface area (Å²) in [4.78, 5) is 29.2. The van der Waals surface area contributed by atoms with Crippen molar-refractivity contribution in [1.29, 1.82) is 0 Å². The van der Waals surface area contributed by atoms with E-state index < -0.39 is 0 Å². The van der Waals surface area contributed by atoms with Crippen LogP contribution in [-0.4, -0.2) is 23.1 Å². The third-order valence-electron chi connectivity index (χ3n) is 4.66. The highest BCUT2D eigenvalue weighted by Crippen LogP contribution is 2.32. The third-order valence-corrected chi connectivity index (χ3v) is 5.63. The maximum Gasteiger partial charge on any atom is 0.223 e. The normalized spacial score (nSPS) is 17.2. The van der Waals surface area contributed by atoms with Crippen LogP contribution in [0.2, 0.25) is 0 Å². The number of ketones is 1. The van der Waals surface area contributed by atoms with Crippen molar-refractivity contribution in [3.8, 4) is 0 Å². The average molecular weight is 341 g/mol. The molecule has 1 saturated heterocycles. The van der Waals surface area contributed by atoms with Gasteiger partial charge in [-0.2, -0.15) is 0 Å². The maximum atomic E-state index is 12.6. The summed E-state index contributed by atoms with van der Waals surface area (Å²) in [5.41, 5.74) is 1.98. The van der Waals surface area contributed by atoms with Crippen LogP contribution in [0.15, 0.2) is 36.4 Å². The van der Waals surface area contributed by atoms with Crippen LogP contribution in [0.5, 0.6) is 0 Å². The van der Waals surface area contributed by atoms with E-state index in [4.69, 9.17) is 0 Å². The molecule has 1 atom stereocenters. The number of carbonyl (C=O) groups is 2. The van der Waals surface area contributed by atoms with Gasteiger partial charge in [-0.3, -0.25) is 9.59 Å². The van der Waals surface area contributed by atoms with Gasteiger partial charge in [-0.15, -0.1) is 11.3 Å². The number of likely N-dealkylation sites (tertiary alicyclic amines) is 1. The van der Waals surface area contributed by atoms with E-state index in [1.807, 2.05) is 43.0 Å². The van der Waals surface area contributed by atoms with Gasteiger partial charge in [0, 0.05) is 34.7 Å². The minimum Gasteiger partial charge on any atom is -0.336 e. The number of rotatable bonds is 5. The van der Waals surface area contributed by atoms with Crippen LogP contribution in [0.3, 0.4) is 0 Å². The van der Waals surface area contributed by atoms with Gasteiger partial charge in [0.1, 0.15) is 0 Å².